The molecule has 1 aromatic carbocycles. The Morgan fingerprint density at radius 1 is 1.37 bits per heavy atom. The molecule has 4 nitrogen and oxygen atoms in total. The summed E-state index contributed by atoms with van der Waals surface area (Å²) in [6.07, 6.45) is 0.414. The number of benzene rings is 1. The highest BCUT2D eigenvalue weighted by atomic mass is 35.5. The van der Waals surface area contributed by atoms with Crippen molar-refractivity contribution in [3.8, 4) is 0 Å². The molecule has 19 heavy (non-hydrogen) atoms. The number of H-pyrrole nitrogens is 1. The second-order valence-corrected chi connectivity index (χ2v) is 4.48. The lowest BCUT2D eigenvalue weighted by Gasteiger charge is -2.08. The van der Waals surface area contributed by atoms with Gasteiger partial charge in [-0.25, -0.2) is 9.18 Å². The van der Waals surface area contributed by atoms with E-state index in [4.69, 9.17) is 11.6 Å². The van der Waals surface area contributed by atoms with Gasteiger partial charge in [0.25, 0.3) is 5.56 Å². The normalized spacial score (nSPS) is 10.7. The van der Waals surface area contributed by atoms with Crippen molar-refractivity contribution in [3.63, 3.8) is 0 Å². The molecule has 0 aliphatic rings. The largest absolute Gasteiger partial charge is 0.329 e. The van der Waals surface area contributed by atoms with Gasteiger partial charge in [-0.05, 0) is 24.1 Å². The summed E-state index contributed by atoms with van der Waals surface area (Å²) in [5.41, 5.74) is -0.161. The highest BCUT2D eigenvalue weighted by Gasteiger charge is 2.11. The molecule has 0 saturated carbocycles. The molecule has 0 unspecified atom stereocenters. The zero-order valence-corrected chi connectivity index (χ0v) is 11.0. The molecule has 100 valence electrons. The van der Waals surface area contributed by atoms with Gasteiger partial charge in [-0.3, -0.25) is 14.3 Å². The van der Waals surface area contributed by atoms with E-state index >= 15 is 0 Å². The zero-order valence-electron chi connectivity index (χ0n) is 10.2. The maximum atomic E-state index is 13.1. The van der Waals surface area contributed by atoms with Crippen LogP contribution in [0.4, 0.5) is 4.39 Å². The van der Waals surface area contributed by atoms with E-state index in [1.807, 2.05) is 0 Å². The Balaban J connectivity index is 2.52. The Labute approximate surface area is 113 Å². The van der Waals surface area contributed by atoms with E-state index in [1.165, 1.54) is 18.2 Å². The van der Waals surface area contributed by atoms with Gasteiger partial charge in [-0.15, -0.1) is 0 Å². The number of nitrogens with zero attached hydrogens (tertiary/aromatic N) is 1. The summed E-state index contributed by atoms with van der Waals surface area (Å²) >= 11 is 5.81. The molecule has 1 heterocycles. The Morgan fingerprint density at radius 3 is 2.74 bits per heavy atom. The van der Waals surface area contributed by atoms with E-state index in [1.54, 1.807) is 13.0 Å². The van der Waals surface area contributed by atoms with Crippen LogP contribution >= 0.6 is 11.6 Å². The molecule has 1 aromatic heterocycles. The fourth-order valence-corrected chi connectivity index (χ4v) is 2.15. The molecule has 0 amide bonds. The fourth-order valence-electron chi connectivity index (χ4n) is 1.85. The Morgan fingerprint density at radius 2 is 2.11 bits per heavy atom. The molecule has 0 bridgehead atoms. The van der Waals surface area contributed by atoms with Crippen LogP contribution in [-0.2, 0) is 13.0 Å². The maximum absolute atomic E-state index is 13.1. The molecule has 0 spiro atoms. The quantitative estimate of drug-likeness (QED) is 0.875. The average molecular weight is 283 g/mol. The van der Waals surface area contributed by atoms with Gasteiger partial charge >= 0.3 is 5.69 Å². The van der Waals surface area contributed by atoms with Crippen molar-refractivity contribution in [3.05, 3.63) is 67.2 Å². The van der Waals surface area contributed by atoms with Gasteiger partial charge in [0.1, 0.15) is 11.0 Å². The van der Waals surface area contributed by atoms with Crippen LogP contribution in [-0.4, -0.2) is 9.55 Å². The zero-order chi connectivity index (χ0) is 14.0. The minimum absolute atomic E-state index is 0.0100. The number of halogens is 2. The smallest absolute Gasteiger partial charge is 0.297 e. The van der Waals surface area contributed by atoms with Crippen LogP contribution in [0, 0.1) is 5.82 Å². The van der Waals surface area contributed by atoms with Crippen LogP contribution in [0.1, 0.15) is 18.1 Å². The third kappa shape index (κ3) is 2.76. The van der Waals surface area contributed by atoms with Gasteiger partial charge in [0, 0.05) is 0 Å². The molecular formula is C13H12ClFN2O2. The van der Waals surface area contributed by atoms with Gasteiger partial charge in [-0.1, -0.05) is 30.7 Å². The Kier molecular flexibility index (Phi) is 3.85. The second-order valence-electron chi connectivity index (χ2n) is 4.10. The number of hydrogen-bond donors (Lipinski definition) is 1. The second kappa shape index (κ2) is 5.40. The number of aromatic nitrogens is 2. The van der Waals surface area contributed by atoms with Gasteiger partial charge in [-0.2, -0.15) is 0 Å². The van der Waals surface area contributed by atoms with E-state index in [9.17, 15) is 14.0 Å². The first-order chi connectivity index (χ1) is 9.02. The minimum atomic E-state index is -0.600. The molecular weight excluding hydrogens is 271 g/mol. The van der Waals surface area contributed by atoms with Crippen LogP contribution in [0.3, 0.4) is 0 Å². The first kappa shape index (κ1) is 13.5. The van der Waals surface area contributed by atoms with E-state index in [0.717, 1.165) is 4.57 Å². The van der Waals surface area contributed by atoms with Crippen LogP contribution in [0.25, 0.3) is 0 Å². The molecule has 0 radical (unpaired) electrons. The average Bonchev–Trinajstić information content (AvgIpc) is 2.35. The highest BCUT2D eigenvalue weighted by molar-refractivity contribution is 6.30. The lowest BCUT2D eigenvalue weighted by atomic mass is 10.2. The van der Waals surface area contributed by atoms with Gasteiger partial charge in [0.05, 0.1) is 12.1 Å². The highest BCUT2D eigenvalue weighted by Crippen LogP contribution is 2.07. The molecule has 6 heteroatoms. The lowest BCUT2D eigenvalue weighted by molar-refractivity contribution is 0.619. The van der Waals surface area contributed by atoms with Crippen LogP contribution < -0.4 is 11.2 Å². The van der Waals surface area contributed by atoms with Crippen molar-refractivity contribution < 1.29 is 4.39 Å². The van der Waals surface area contributed by atoms with E-state index in [0.29, 0.717) is 17.5 Å². The van der Waals surface area contributed by atoms with Crippen LogP contribution in [0.2, 0.25) is 5.15 Å². The van der Waals surface area contributed by atoms with Crippen molar-refractivity contribution in [2.75, 3.05) is 0 Å². The third-order valence-corrected chi connectivity index (χ3v) is 3.14. The minimum Gasteiger partial charge on any atom is -0.297 e. The molecule has 1 N–H and O–H groups in total. The molecule has 2 aromatic rings. The third-order valence-electron chi connectivity index (χ3n) is 2.81. The molecule has 0 aliphatic carbocycles. The summed E-state index contributed by atoms with van der Waals surface area (Å²) in [5, 5.41) is 0.0630. The summed E-state index contributed by atoms with van der Waals surface area (Å²) in [6.45, 7) is 1.78. The summed E-state index contributed by atoms with van der Waals surface area (Å²) < 4.78 is 14.1. The molecule has 0 atom stereocenters. The van der Waals surface area contributed by atoms with Crippen molar-refractivity contribution in [1.82, 2.24) is 9.55 Å². The number of aromatic amines is 1. The Hall–Kier alpha value is -1.88. The van der Waals surface area contributed by atoms with Crippen molar-refractivity contribution in [2.45, 2.75) is 19.9 Å². The lowest BCUT2D eigenvalue weighted by Crippen LogP contribution is -2.37. The van der Waals surface area contributed by atoms with Crippen LogP contribution in [0.5, 0.6) is 0 Å². The molecule has 0 saturated heterocycles. The van der Waals surface area contributed by atoms with Gasteiger partial charge < -0.3 is 0 Å². The monoisotopic (exact) mass is 282 g/mol. The number of nitrogens with one attached hydrogen (secondary N) is 1. The standard InChI is InChI=1S/C13H12ClFN2O2/c1-2-10-11(14)16-13(19)17(12(10)18)7-8-4-3-5-9(15)6-8/h3-6H,2,7H2,1H3,(H,16,19). The number of hydrogen-bond acceptors (Lipinski definition) is 2. The number of rotatable bonds is 3. The van der Waals surface area contributed by atoms with Gasteiger partial charge in [0.2, 0.25) is 0 Å². The van der Waals surface area contributed by atoms with Crippen LogP contribution in [0.15, 0.2) is 33.9 Å². The molecule has 0 fully saturated rings. The van der Waals surface area contributed by atoms with Crippen molar-refractivity contribution in [1.29, 1.82) is 0 Å². The summed E-state index contributed by atoms with van der Waals surface area (Å²) in [6, 6.07) is 5.76. The SMILES string of the molecule is CCc1c(Cl)[nH]c(=O)n(Cc2cccc(F)c2)c1=O. The Bertz CT molecular complexity index is 721. The fraction of sp³-hybridized carbons (Fsp3) is 0.231. The predicted molar refractivity (Wildman–Crippen MR) is 71.2 cm³/mol. The summed E-state index contributed by atoms with van der Waals surface area (Å²) in [4.78, 5) is 26.3. The molecule has 0 aliphatic heterocycles. The van der Waals surface area contributed by atoms with Crippen molar-refractivity contribution in [2.24, 2.45) is 0 Å². The van der Waals surface area contributed by atoms with E-state index in [2.05, 4.69) is 4.98 Å². The first-order valence-electron chi connectivity index (χ1n) is 5.79. The molecule has 2 rings (SSSR count). The van der Waals surface area contributed by atoms with Gasteiger partial charge in [0.15, 0.2) is 0 Å². The van der Waals surface area contributed by atoms with E-state index < -0.39 is 17.1 Å². The van der Waals surface area contributed by atoms with E-state index in [-0.39, 0.29) is 11.7 Å². The predicted octanol–water partition coefficient (Wildman–Crippen LogP) is 1.94. The topological polar surface area (TPSA) is 54.9 Å². The first-order valence-corrected chi connectivity index (χ1v) is 6.16. The maximum Gasteiger partial charge on any atom is 0.329 e. The summed E-state index contributed by atoms with van der Waals surface area (Å²) in [5.74, 6) is -0.411. The summed E-state index contributed by atoms with van der Waals surface area (Å²) in [7, 11) is 0. The van der Waals surface area contributed by atoms with Crippen molar-refractivity contribution >= 4 is 11.6 Å².